The average molecular weight is 640 g/mol. The van der Waals surface area contributed by atoms with Crippen molar-refractivity contribution in [1.29, 1.82) is 0 Å². The standard InChI is InChI=1S/C36H57NO3SSi2/c1-13-28-37(41(38)34(2,3)4)31(22-20-21-29-39-42(11,12)35(5,6)7)27-30-40-43(36(8,9)10,32-23-16-14-17-24-32)33-25-18-15-19-26-33/h13-19,23-26,31H,1,21,27-30H2,2-12H3/t31-,41?/m0/s1. The highest BCUT2D eigenvalue weighted by molar-refractivity contribution is 7.84. The van der Waals surface area contributed by atoms with Crippen molar-refractivity contribution in [3.8, 4) is 11.8 Å². The van der Waals surface area contributed by atoms with Crippen molar-refractivity contribution in [2.24, 2.45) is 0 Å². The third-order valence-electron chi connectivity index (χ3n) is 8.29. The van der Waals surface area contributed by atoms with Crippen molar-refractivity contribution in [3.05, 3.63) is 73.3 Å². The van der Waals surface area contributed by atoms with Crippen LogP contribution in [0.25, 0.3) is 0 Å². The van der Waals surface area contributed by atoms with Crippen LogP contribution in [0.5, 0.6) is 0 Å². The summed E-state index contributed by atoms with van der Waals surface area (Å²) in [4.78, 5) is 0. The summed E-state index contributed by atoms with van der Waals surface area (Å²) in [5.74, 6) is 6.88. The molecule has 2 atom stereocenters. The van der Waals surface area contributed by atoms with Gasteiger partial charge in [-0.2, -0.15) is 0 Å². The van der Waals surface area contributed by atoms with Gasteiger partial charge in [0.1, 0.15) is 11.0 Å². The number of benzene rings is 2. The van der Waals surface area contributed by atoms with Gasteiger partial charge in [0.25, 0.3) is 8.32 Å². The molecule has 0 bridgehead atoms. The van der Waals surface area contributed by atoms with Crippen LogP contribution in [0.1, 0.15) is 75.2 Å². The number of hydrogen-bond acceptors (Lipinski definition) is 3. The molecule has 7 heteroatoms. The van der Waals surface area contributed by atoms with Crippen molar-refractivity contribution in [2.75, 3.05) is 19.8 Å². The highest BCUT2D eigenvalue weighted by Gasteiger charge is 2.50. The van der Waals surface area contributed by atoms with Crippen molar-refractivity contribution >= 4 is 38.0 Å². The molecule has 0 spiro atoms. The monoisotopic (exact) mass is 639 g/mol. The summed E-state index contributed by atoms with van der Waals surface area (Å²) in [6.07, 6.45) is 3.10. The molecule has 0 saturated carbocycles. The molecule has 0 aromatic heterocycles. The Morgan fingerprint density at radius 1 is 0.837 bits per heavy atom. The van der Waals surface area contributed by atoms with E-state index in [0.717, 1.165) is 0 Å². The minimum Gasteiger partial charge on any atom is -0.416 e. The van der Waals surface area contributed by atoms with Crippen molar-refractivity contribution < 1.29 is 13.1 Å². The molecule has 0 aliphatic rings. The molecule has 0 saturated heterocycles. The van der Waals surface area contributed by atoms with E-state index in [1.165, 1.54) is 10.4 Å². The molecule has 238 valence electrons. The molecule has 2 aromatic carbocycles. The Morgan fingerprint density at radius 3 is 1.77 bits per heavy atom. The lowest BCUT2D eigenvalue weighted by Gasteiger charge is -2.43. The molecular weight excluding hydrogens is 583 g/mol. The normalized spacial score (nSPS) is 14.6. The Balaban J connectivity index is 2.43. The van der Waals surface area contributed by atoms with E-state index in [1.807, 2.05) is 31.2 Å². The first-order chi connectivity index (χ1) is 19.9. The fourth-order valence-electron chi connectivity index (χ4n) is 4.93. The molecule has 2 rings (SSSR count). The molecule has 4 nitrogen and oxygen atoms in total. The van der Waals surface area contributed by atoms with Crippen LogP contribution in [0, 0.1) is 11.8 Å². The molecular formula is C36H57NO3SSi2. The number of hydrogen-bond donors (Lipinski definition) is 0. The van der Waals surface area contributed by atoms with Gasteiger partial charge < -0.3 is 8.85 Å². The zero-order valence-corrected chi connectivity index (χ0v) is 31.6. The number of rotatable bonds is 13. The van der Waals surface area contributed by atoms with E-state index in [2.05, 4.69) is 134 Å². The zero-order valence-electron chi connectivity index (χ0n) is 28.8. The van der Waals surface area contributed by atoms with E-state index >= 15 is 0 Å². The van der Waals surface area contributed by atoms with Gasteiger partial charge in [-0.15, -0.1) is 6.58 Å². The summed E-state index contributed by atoms with van der Waals surface area (Å²) >= 11 is 0. The van der Waals surface area contributed by atoms with E-state index in [9.17, 15) is 4.21 Å². The lowest BCUT2D eigenvalue weighted by Crippen LogP contribution is -2.66. The van der Waals surface area contributed by atoms with E-state index < -0.39 is 32.4 Å². The highest BCUT2D eigenvalue weighted by atomic mass is 32.2. The van der Waals surface area contributed by atoms with Gasteiger partial charge >= 0.3 is 0 Å². The van der Waals surface area contributed by atoms with E-state index in [0.29, 0.717) is 32.6 Å². The largest absolute Gasteiger partial charge is 0.416 e. The molecule has 2 aromatic rings. The van der Waals surface area contributed by atoms with Gasteiger partial charge in [0, 0.05) is 26.2 Å². The fourth-order valence-corrected chi connectivity index (χ4v) is 11.9. The summed E-state index contributed by atoms with van der Waals surface area (Å²) in [6, 6.07) is 21.1. The second-order valence-corrected chi connectivity index (χ2v) is 26.1. The molecule has 0 aliphatic heterocycles. The molecule has 0 N–H and O–H groups in total. The van der Waals surface area contributed by atoms with Crippen LogP contribution in [-0.2, 0) is 19.8 Å². The molecule has 0 amide bonds. The van der Waals surface area contributed by atoms with Gasteiger partial charge in [0.05, 0.1) is 10.8 Å². The average Bonchev–Trinajstić information content (AvgIpc) is 2.91. The van der Waals surface area contributed by atoms with Crippen LogP contribution in [-0.4, -0.2) is 55.7 Å². The second-order valence-electron chi connectivity index (χ2n) is 14.7. The van der Waals surface area contributed by atoms with Crippen LogP contribution in [0.15, 0.2) is 73.3 Å². The third-order valence-corrected chi connectivity index (χ3v) is 19.7. The summed E-state index contributed by atoms with van der Waals surface area (Å²) in [6.45, 7) is 29.8. The summed E-state index contributed by atoms with van der Waals surface area (Å²) in [7, 11) is -5.79. The third kappa shape index (κ3) is 9.84. The van der Waals surface area contributed by atoms with E-state index in [-0.39, 0.29) is 16.1 Å². The maximum absolute atomic E-state index is 13.8. The Morgan fingerprint density at radius 2 is 1.35 bits per heavy atom. The topological polar surface area (TPSA) is 38.8 Å². The number of nitrogens with zero attached hydrogens (tertiary/aromatic N) is 1. The van der Waals surface area contributed by atoms with Crippen LogP contribution in [0.3, 0.4) is 0 Å². The quantitative estimate of drug-likeness (QED) is 0.0977. The minimum absolute atomic E-state index is 0.118. The van der Waals surface area contributed by atoms with E-state index in [4.69, 9.17) is 8.85 Å². The Kier molecular flexibility index (Phi) is 13.5. The fraction of sp³-hybridized carbons (Fsp3) is 0.556. The SMILES string of the molecule is C=CCN([C@@H](C#CCCO[Si](C)(C)C(C)(C)C)CCO[Si](c1ccccc1)(c1ccccc1)C(C)(C)C)S(=O)C(C)(C)C. The smallest absolute Gasteiger partial charge is 0.261 e. The molecule has 0 heterocycles. The van der Waals surface area contributed by atoms with Crippen LogP contribution in [0.4, 0.5) is 0 Å². The van der Waals surface area contributed by atoms with E-state index in [1.54, 1.807) is 0 Å². The summed E-state index contributed by atoms with van der Waals surface area (Å²) in [5.41, 5.74) is 0. The Labute approximate surface area is 268 Å². The Bertz CT molecular complexity index is 1190. The summed E-state index contributed by atoms with van der Waals surface area (Å²) < 4.78 is 28.9. The first-order valence-corrected chi connectivity index (χ1v) is 21.5. The van der Waals surface area contributed by atoms with Crippen molar-refractivity contribution in [2.45, 2.75) is 109 Å². The maximum atomic E-state index is 13.8. The first-order valence-electron chi connectivity index (χ1n) is 15.6. The van der Waals surface area contributed by atoms with Gasteiger partial charge in [-0.25, -0.2) is 8.51 Å². The Hall–Kier alpha value is -1.80. The second kappa shape index (κ2) is 15.5. The molecule has 0 radical (unpaired) electrons. The van der Waals surface area contributed by atoms with Gasteiger partial charge in [0.2, 0.25) is 0 Å². The van der Waals surface area contributed by atoms with Crippen molar-refractivity contribution in [1.82, 2.24) is 4.31 Å². The zero-order chi connectivity index (χ0) is 32.5. The van der Waals surface area contributed by atoms with Gasteiger partial charge in [0.15, 0.2) is 8.32 Å². The predicted octanol–water partition coefficient (Wildman–Crippen LogP) is 7.69. The molecule has 43 heavy (non-hydrogen) atoms. The highest BCUT2D eigenvalue weighted by Crippen LogP contribution is 2.37. The predicted molar refractivity (Wildman–Crippen MR) is 192 cm³/mol. The summed E-state index contributed by atoms with van der Waals surface area (Å²) in [5, 5.41) is 2.54. The maximum Gasteiger partial charge on any atom is 0.261 e. The van der Waals surface area contributed by atoms with Gasteiger partial charge in [-0.05, 0) is 60.7 Å². The van der Waals surface area contributed by atoms with Crippen LogP contribution >= 0.6 is 0 Å². The van der Waals surface area contributed by atoms with Crippen LogP contribution < -0.4 is 10.4 Å². The lowest BCUT2D eigenvalue weighted by molar-refractivity contribution is 0.261. The lowest BCUT2D eigenvalue weighted by atomic mass is 10.2. The van der Waals surface area contributed by atoms with Gasteiger partial charge in [-0.1, -0.05) is 120 Å². The molecule has 1 unspecified atom stereocenters. The minimum atomic E-state index is -2.69. The van der Waals surface area contributed by atoms with Crippen LogP contribution in [0.2, 0.25) is 23.2 Å². The molecule has 0 fully saturated rings. The van der Waals surface area contributed by atoms with Gasteiger partial charge in [-0.3, -0.25) is 0 Å². The first kappa shape index (κ1) is 37.4. The van der Waals surface area contributed by atoms with Crippen molar-refractivity contribution in [3.63, 3.8) is 0 Å². The molecule has 0 aliphatic carbocycles.